The molecule has 2 amide bonds. The zero-order valence-corrected chi connectivity index (χ0v) is 9.54. The van der Waals surface area contributed by atoms with Gasteiger partial charge in [-0.3, -0.25) is 5.43 Å². The van der Waals surface area contributed by atoms with Gasteiger partial charge >= 0.3 is 12.0 Å². The van der Waals surface area contributed by atoms with Crippen molar-refractivity contribution < 1.29 is 14.7 Å². The fourth-order valence-electron chi connectivity index (χ4n) is 1.03. The highest BCUT2D eigenvalue weighted by atomic mass is 16.4. The Kier molecular flexibility index (Phi) is 4.40. The number of aromatic nitrogens is 3. The summed E-state index contributed by atoms with van der Waals surface area (Å²) in [6.07, 6.45) is 1.30. The van der Waals surface area contributed by atoms with Gasteiger partial charge in [-0.1, -0.05) is 5.21 Å². The highest BCUT2D eigenvalue weighted by Gasteiger charge is 2.08. The average Bonchev–Trinajstić information content (AvgIpc) is 2.65. The number of rotatable bonds is 5. The van der Waals surface area contributed by atoms with E-state index in [2.05, 4.69) is 21.1 Å². The van der Waals surface area contributed by atoms with Crippen molar-refractivity contribution in [1.82, 2.24) is 30.7 Å². The van der Waals surface area contributed by atoms with E-state index in [1.54, 1.807) is 14.1 Å². The number of hydrogen-bond acceptors (Lipinski definition) is 5. The maximum atomic E-state index is 11.2. The zero-order valence-electron chi connectivity index (χ0n) is 9.54. The normalized spacial score (nSPS) is 10.3. The van der Waals surface area contributed by atoms with Crippen LogP contribution in [-0.2, 0) is 6.54 Å². The Morgan fingerprint density at radius 2 is 2.24 bits per heavy atom. The second-order valence-electron chi connectivity index (χ2n) is 3.43. The number of urea groups is 1. The number of carbonyl (C=O) groups excluding carboxylic acids is 1. The van der Waals surface area contributed by atoms with Gasteiger partial charge in [0.2, 0.25) is 0 Å². The number of amides is 2. The second-order valence-corrected chi connectivity index (χ2v) is 3.43. The molecule has 9 nitrogen and oxygen atoms in total. The maximum Gasteiger partial charge on any atom is 0.358 e. The van der Waals surface area contributed by atoms with E-state index < -0.39 is 5.97 Å². The first-order chi connectivity index (χ1) is 7.99. The third kappa shape index (κ3) is 4.47. The molecule has 1 heterocycles. The summed E-state index contributed by atoms with van der Waals surface area (Å²) in [7, 11) is 3.38. The number of hydrogen-bond donors (Lipinski definition) is 3. The molecule has 0 unspecified atom stereocenters. The lowest BCUT2D eigenvalue weighted by atomic mass is 10.5. The molecule has 0 saturated heterocycles. The van der Waals surface area contributed by atoms with E-state index in [4.69, 9.17) is 5.11 Å². The van der Waals surface area contributed by atoms with Gasteiger partial charge in [-0.15, -0.1) is 5.10 Å². The first-order valence-corrected chi connectivity index (χ1v) is 4.84. The molecule has 0 radical (unpaired) electrons. The summed E-state index contributed by atoms with van der Waals surface area (Å²) in [5.74, 6) is -1.13. The molecule has 0 aliphatic heterocycles. The Balaban J connectivity index is 2.31. The second kappa shape index (κ2) is 5.80. The van der Waals surface area contributed by atoms with Crippen LogP contribution in [0.25, 0.3) is 0 Å². The molecule has 0 spiro atoms. The molecule has 94 valence electrons. The van der Waals surface area contributed by atoms with Crippen molar-refractivity contribution in [3.8, 4) is 0 Å². The van der Waals surface area contributed by atoms with Crippen LogP contribution >= 0.6 is 0 Å². The summed E-state index contributed by atoms with van der Waals surface area (Å²) in [4.78, 5) is 21.7. The summed E-state index contributed by atoms with van der Waals surface area (Å²) in [6.45, 7) is 0.670. The van der Waals surface area contributed by atoms with Gasteiger partial charge in [-0.2, -0.15) is 0 Å². The first kappa shape index (κ1) is 12.9. The number of carboxylic acids is 1. The van der Waals surface area contributed by atoms with Gasteiger partial charge in [-0.05, 0) is 0 Å². The lowest BCUT2D eigenvalue weighted by Crippen LogP contribution is -2.44. The van der Waals surface area contributed by atoms with Gasteiger partial charge in [-0.25, -0.2) is 19.3 Å². The van der Waals surface area contributed by atoms with Crippen LogP contribution in [0.2, 0.25) is 0 Å². The lowest BCUT2D eigenvalue weighted by Gasteiger charge is -2.12. The SMILES string of the molecule is CN(C)NC(=O)NCCn1cc(C(=O)O)nn1. The molecule has 0 aromatic carbocycles. The van der Waals surface area contributed by atoms with Gasteiger partial charge in [0.15, 0.2) is 5.69 Å². The molecule has 9 heteroatoms. The summed E-state index contributed by atoms with van der Waals surface area (Å²) < 4.78 is 1.35. The molecule has 0 bridgehead atoms. The smallest absolute Gasteiger partial charge is 0.358 e. The van der Waals surface area contributed by atoms with E-state index in [-0.39, 0.29) is 11.7 Å². The van der Waals surface area contributed by atoms with E-state index in [1.807, 2.05) is 0 Å². The molecule has 0 fully saturated rings. The van der Waals surface area contributed by atoms with Crippen LogP contribution in [0, 0.1) is 0 Å². The van der Waals surface area contributed by atoms with Crippen LogP contribution in [0.1, 0.15) is 10.5 Å². The van der Waals surface area contributed by atoms with Crippen LogP contribution in [0.5, 0.6) is 0 Å². The minimum absolute atomic E-state index is 0.122. The van der Waals surface area contributed by atoms with Crippen molar-refractivity contribution in [2.75, 3.05) is 20.6 Å². The number of carboxylic acid groups (broad SMARTS) is 1. The van der Waals surface area contributed by atoms with Crippen molar-refractivity contribution in [3.63, 3.8) is 0 Å². The highest BCUT2D eigenvalue weighted by Crippen LogP contribution is 1.91. The summed E-state index contributed by atoms with van der Waals surface area (Å²) in [5, 5.41) is 19.7. The van der Waals surface area contributed by atoms with Gasteiger partial charge in [0.25, 0.3) is 0 Å². The number of hydrazine groups is 1. The number of nitrogens with one attached hydrogen (secondary N) is 2. The quantitative estimate of drug-likeness (QED) is 0.556. The average molecular weight is 242 g/mol. The summed E-state index contributed by atoms with van der Waals surface area (Å²) in [5.41, 5.74) is 2.37. The first-order valence-electron chi connectivity index (χ1n) is 4.84. The Hall–Kier alpha value is -2.16. The van der Waals surface area contributed by atoms with E-state index >= 15 is 0 Å². The molecule has 3 N–H and O–H groups in total. The zero-order chi connectivity index (χ0) is 12.8. The highest BCUT2D eigenvalue weighted by molar-refractivity contribution is 5.84. The molecular formula is C8H14N6O3. The third-order valence-corrected chi connectivity index (χ3v) is 1.71. The predicted molar refractivity (Wildman–Crippen MR) is 57.2 cm³/mol. The molecule has 1 rings (SSSR count). The van der Waals surface area contributed by atoms with Gasteiger partial charge in [0.1, 0.15) is 0 Å². The molecule has 17 heavy (non-hydrogen) atoms. The lowest BCUT2D eigenvalue weighted by molar-refractivity contribution is 0.0690. The molecule has 0 saturated carbocycles. The maximum absolute atomic E-state index is 11.2. The molecule has 0 aliphatic carbocycles. The van der Waals surface area contributed by atoms with Crippen LogP contribution in [0.15, 0.2) is 6.20 Å². The largest absolute Gasteiger partial charge is 0.476 e. The summed E-state index contributed by atoms with van der Waals surface area (Å²) >= 11 is 0. The van der Waals surface area contributed by atoms with E-state index in [1.165, 1.54) is 15.9 Å². The van der Waals surface area contributed by atoms with Crippen LogP contribution < -0.4 is 10.7 Å². The minimum Gasteiger partial charge on any atom is -0.476 e. The van der Waals surface area contributed by atoms with Crippen molar-refractivity contribution >= 4 is 12.0 Å². The Morgan fingerprint density at radius 1 is 1.53 bits per heavy atom. The van der Waals surface area contributed by atoms with E-state index in [0.29, 0.717) is 13.1 Å². The standard InChI is InChI=1S/C8H14N6O3/c1-13(2)11-8(17)9-3-4-14-5-6(7(15)16)10-12-14/h5H,3-4H2,1-2H3,(H,15,16)(H2,9,11,17). The monoisotopic (exact) mass is 242 g/mol. The number of carbonyl (C=O) groups is 2. The topological polar surface area (TPSA) is 112 Å². The van der Waals surface area contributed by atoms with Gasteiger partial charge in [0.05, 0.1) is 12.7 Å². The van der Waals surface area contributed by atoms with E-state index in [9.17, 15) is 9.59 Å². The van der Waals surface area contributed by atoms with Crippen LogP contribution in [0.4, 0.5) is 4.79 Å². The van der Waals surface area contributed by atoms with E-state index in [0.717, 1.165) is 0 Å². The molecule has 0 aliphatic rings. The summed E-state index contributed by atoms with van der Waals surface area (Å²) in [6, 6.07) is -0.339. The third-order valence-electron chi connectivity index (χ3n) is 1.71. The number of aromatic carboxylic acids is 1. The molecule has 1 aromatic rings. The Morgan fingerprint density at radius 3 is 2.76 bits per heavy atom. The van der Waals surface area contributed by atoms with Crippen LogP contribution in [-0.4, -0.2) is 57.7 Å². The fourth-order valence-corrected chi connectivity index (χ4v) is 1.03. The fraction of sp³-hybridized carbons (Fsp3) is 0.500. The Bertz CT molecular complexity index is 402. The number of nitrogens with zero attached hydrogens (tertiary/aromatic N) is 4. The Labute approximate surface area is 97.4 Å². The predicted octanol–water partition coefficient (Wildman–Crippen LogP) is -1.25. The minimum atomic E-state index is -1.13. The van der Waals surface area contributed by atoms with Crippen LogP contribution in [0.3, 0.4) is 0 Å². The van der Waals surface area contributed by atoms with Crippen molar-refractivity contribution in [2.45, 2.75) is 6.54 Å². The molecular weight excluding hydrogens is 228 g/mol. The molecule has 1 aromatic heterocycles. The molecule has 0 atom stereocenters. The van der Waals surface area contributed by atoms with Gasteiger partial charge in [0, 0.05) is 20.6 Å². The van der Waals surface area contributed by atoms with Crippen molar-refractivity contribution in [3.05, 3.63) is 11.9 Å². The van der Waals surface area contributed by atoms with Gasteiger partial charge < -0.3 is 10.4 Å². The van der Waals surface area contributed by atoms with Crippen molar-refractivity contribution in [2.24, 2.45) is 0 Å². The van der Waals surface area contributed by atoms with Crippen molar-refractivity contribution in [1.29, 1.82) is 0 Å².